The topological polar surface area (TPSA) is 6.48 Å². The summed E-state index contributed by atoms with van der Waals surface area (Å²) in [5.74, 6) is -0.200. The third-order valence-corrected chi connectivity index (χ3v) is 4.29. The zero-order valence-electron chi connectivity index (χ0n) is 10.4. The van der Waals surface area contributed by atoms with Crippen LogP contribution in [0, 0.1) is 5.82 Å². The lowest BCUT2D eigenvalue weighted by atomic mass is 10.2. The number of benzene rings is 1. The van der Waals surface area contributed by atoms with Crippen LogP contribution in [0.2, 0.25) is 5.02 Å². The maximum Gasteiger partial charge on any atom is 0.147 e. The monoisotopic (exact) mass is 268 g/mol. The molecule has 3 rings (SSSR count). The molecule has 2 aliphatic rings. The maximum atomic E-state index is 14.0. The molecule has 0 radical (unpaired) electrons. The summed E-state index contributed by atoms with van der Waals surface area (Å²) in [6.45, 7) is 4.24. The highest BCUT2D eigenvalue weighted by molar-refractivity contribution is 6.30. The minimum Gasteiger partial charge on any atom is -0.368 e. The van der Waals surface area contributed by atoms with Crippen molar-refractivity contribution in [2.45, 2.75) is 25.3 Å². The zero-order valence-corrected chi connectivity index (χ0v) is 11.2. The van der Waals surface area contributed by atoms with Gasteiger partial charge in [0.1, 0.15) is 5.82 Å². The third kappa shape index (κ3) is 2.34. The average Bonchev–Trinajstić information content (AvgIpc) is 2.67. The maximum absolute atomic E-state index is 14.0. The molecule has 0 bridgehead atoms. The molecule has 4 heteroatoms. The highest BCUT2D eigenvalue weighted by Crippen LogP contribution is 2.28. The van der Waals surface area contributed by atoms with Crippen LogP contribution in [-0.4, -0.2) is 37.1 Å². The summed E-state index contributed by atoms with van der Waals surface area (Å²) in [6, 6.07) is 5.59. The minimum atomic E-state index is -0.200. The Hall–Kier alpha value is -0.800. The van der Waals surface area contributed by atoms with Crippen molar-refractivity contribution in [3.8, 4) is 0 Å². The molecule has 1 unspecified atom stereocenters. The molecular weight excluding hydrogens is 251 g/mol. The van der Waals surface area contributed by atoms with Crippen molar-refractivity contribution in [2.75, 3.05) is 31.1 Å². The summed E-state index contributed by atoms with van der Waals surface area (Å²) in [5, 5.41) is 0.466. The van der Waals surface area contributed by atoms with E-state index in [0.29, 0.717) is 16.8 Å². The fourth-order valence-corrected chi connectivity index (χ4v) is 3.32. The molecule has 0 aromatic heterocycles. The van der Waals surface area contributed by atoms with Crippen molar-refractivity contribution in [2.24, 2.45) is 0 Å². The van der Waals surface area contributed by atoms with Gasteiger partial charge in [-0.05, 0) is 44.0 Å². The SMILES string of the molecule is Fc1cc(Cl)ccc1N1CCCN2CCCC2C1. The van der Waals surface area contributed by atoms with Crippen LogP contribution in [0.1, 0.15) is 19.3 Å². The van der Waals surface area contributed by atoms with Gasteiger partial charge in [0.2, 0.25) is 0 Å². The van der Waals surface area contributed by atoms with E-state index in [4.69, 9.17) is 11.6 Å². The van der Waals surface area contributed by atoms with Crippen LogP contribution in [-0.2, 0) is 0 Å². The molecule has 0 saturated carbocycles. The van der Waals surface area contributed by atoms with Crippen LogP contribution in [0.5, 0.6) is 0 Å². The molecule has 0 aliphatic carbocycles. The molecule has 2 saturated heterocycles. The van der Waals surface area contributed by atoms with Gasteiger partial charge in [-0.15, -0.1) is 0 Å². The second-order valence-electron chi connectivity index (χ2n) is 5.23. The first-order valence-corrected chi connectivity index (χ1v) is 7.06. The zero-order chi connectivity index (χ0) is 12.5. The van der Waals surface area contributed by atoms with E-state index in [2.05, 4.69) is 9.80 Å². The number of halogens is 2. The highest BCUT2D eigenvalue weighted by Gasteiger charge is 2.29. The Morgan fingerprint density at radius 1 is 1.17 bits per heavy atom. The van der Waals surface area contributed by atoms with Crippen molar-refractivity contribution in [1.82, 2.24) is 4.90 Å². The van der Waals surface area contributed by atoms with Crippen molar-refractivity contribution < 1.29 is 4.39 Å². The van der Waals surface area contributed by atoms with E-state index in [1.165, 1.54) is 25.5 Å². The largest absolute Gasteiger partial charge is 0.368 e. The molecule has 1 aromatic carbocycles. The first-order chi connectivity index (χ1) is 8.74. The van der Waals surface area contributed by atoms with Crippen LogP contribution in [0.15, 0.2) is 18.2 Å². The van der Waals surface area contributed by atoms with E-state index in [-0.39, 0.29) is 5.82 Å². The number of hydrogen-bond acceptors (Lipinski definition) is 2. The lowest BCUT2D eigenvalue weighted by Gasteiger charge is -2.27. The smallest absolute Gasteiger partial charge is 0.147 e. The lowest BCUT2D eigenvalue weighted by Crippen LogP contribution is -2.36. The molecular formula is C14H18ClFN2. The average molecular weight is 269 g/mol. The molecule has 1 aromatic rings. The number of rotatable bonds is 1. The molecule has 0 spiro atoms. The van der Waals surface area contributed by atoms with Crippen molar-refractivity contribution in [3.63, 3.8) is 0 Å². The first kappa shape index (κ1) is 12.2. The van der Waals surface area contributed by atoms with Crippen LogP contribution < -0.4 is 4.90 Å². The summed E-state index contributed by atoms with van der Waals surface area (Å²) in [4.78, 5) is 4.73. The van der Waals surface area contributed by atoms with Gasteiger partial charge in [-0.3, -0.25) is 4.90 Å². The van der Waals surface area contributed by atoms with E-state index in [9.17, 15) is 4.39 Å². The van der Waals surface area contributed by atoms with Gasteiger partial charge in [-0.25, -0.2) is 4.39 Å². The molecule has 1 atom stereocenters. The molecule has 18 heavy (non-hydrogen) atoms. The Morgan fingerprint density at radius 2 is 2.00 bits per heavy atom. The van der Waals surface area contributed by atoms with E-state index < -0.39 is 0 Å². The Bertz CT molecular complexity index is 438. The van der Waals surface area contributed by atoms with Crippen LogP contribution in [0.4, 0.5) is 10.1 Å². The van der Waals surface area contributed by atoms with E-state index in [1.807, 2.05) is 6.07 Å². The summed E-state index contributed by atoms with van der Waals surface area (Å²) >= 11 is 5.81. The Kier molecular flexibility index (Phi) is 3.44. The van der Waals surface area contributed by atoms with Gasteiger partial charge in [0, 0.05) is 30.7 Å². The van der Waals surface area contributed by atoms with Gasteiger partial charge in [0.05, 0.1) is 5.69 Å². The van der Waals surface area contributed by atoms with Crippen molar-refractivity contribution in [1.29, 1.82) is 0 Å². The van der Waals surface area contributed by atoms with Gasteiger partial charge < -0.3 is 4.90 Å². The number of nitrogens with zero attached hydrogens (tertiary/aromatic N) is 2. The molecule has 98 valence electrons. The Labute approximate surface area is 112 Å². The molecule has 2 fully saturated rings. The summed E-state index contributed by atoms with van der Waals surface area (Å²) in [6.07, 6.45) is 3.63. The second kappa shape index (κ2) is 5.06. The third-order valence-electron chi connectivity index (χ3n) is 4.05. The predicted molar refractivity (Wildman–Crippen MR) is 72.8 cm³/mol. The summed E-state index contributed by atoms with van der Waals surface area (Å²) in [5.41, 5.74) is 0.702. The predicted octanol–water partition coefficient (Wildman–Crippen LogP) is 3.15. The van der Waals surface area contributed by atoms with Crippen LogP contribution in [0.25, 0.3) is 0 Å². The lowest BCUT2D eigenvalue weighted by molar-refractivity contribution is 0.273. The number of hydrogen-bond donors (Lipinski definition) is 0. The molecule has 2 nitrogen and oxygen atoms in total. The van der Waals surface area contributed by atoms with Gasteiger partial charge in [-0.1, -0.05) is 11.6 Å². The van der Waals surface area contributed by atoms with Gasteiger partial charge in [0.15, 0.2) is 0 Å². The van der Waals surface area contributed by atoms with Gasteiger partial charge >= 0.3 is 0 Å². The first-order valence-electron chi connectivity index (χ1n) is 6.68. The quantitative estimate of drug-likeness (QED) is 0.772. The van der Waals surface area contributed by atoms with Crippen LogP contribution >= 0.6 is 11.6 Å². The second-order valence-corrected chi connectivity index (χ2v) is 5.66. The molecule has 2 heterocycles. The van der Waals surface area contributed by atoms with E-state index >= 15 is 0 Å². The van der Waals surface area contributed by atoms with E-state index in [1.54, 1.807) is 6.07 Å². The van der Waals surface area contributed by atoms with E-state index in [0.717, 1.165) is 26.1 Å². The molecule has 0 amide bonds. The minimum absolute atomic E-state index is 0.200. The normalized spacial score (nSPS) is 25.0. The van der Waals surface area contributed by atoms with Gasteiger partial charge in [0.25, 0.3) is 0 Å². The van der Waals surface area contributed by atoms with Gasteiger partial charge in [-0.2, -0.15) is 0 Å². The number of anilines is 1. The van der Waals surface area contributed by atoms with Crippen LogP contribution in [0.3, 0.4) is 0 Å². The number of fused-ring (bicyclic) bond motifs is 1. The Morgan fingerprint density at radius 3 is 2.83 bits per heavy atom. The van der Waals surface area contributed by atoms with Crippen molar-refractivity contribution >= 4 is 17.3 Å². The molecule has 2 aliphatic heterocycles. The van der Waals surface area contributed by atoms with Crippen molar-refractivity contribution in [3.05, 3.63) is 29.0 Å². The fourth-order valence-electron chi connectivity index (χ4n) is 3.16. The highest BCUT2D eigenvalue weighted by atomic mass is 35.5. The molecule has 0 N–H and O–H groups in total. The Balaban J connectivity index is 1.82. The standard InChI is InChI=1S/C14H18ClFN2/c15-11-4-5-14(13(16)9-11)18-8-2-7-17-6-1-3-12(17)10-18/h4-5,9,12H,1-3,6-8,10H2. The summed E-state index contributed by atoms with van der Waals surface area (Å²) < 4.78 is 14.0. The fraction of sp³-hybridized carbons (Fsp3) is 0.571. The summed E-state index contributed by atoms with van der Waals surface area (Å²) in [7, 11) is 0.